The van der Waals surface area contributed by atoms with Gasteiger partial charge in [-0.3, -0.25) is 0 Å². The van der Waals surface area contributed by atoms with Gasteiger partial charge < -0.3 is 25.2 Å². The second kappa shape index (κ2) is 4.89. The Labute approximate surface area is 134 Å². The molecular weight excluding hydrogens is 296 g/mol. The average molecular weight is 316 g/mol. The van der Waals surface area contributed by atoms with Crippen molar-refractivity contribution in [2.75, 3.05) is 13.7 Å². The summed E-state index contributed by atoms with van der Waals surface area (Å²) >= 11 is 0. The van der Waals surface area contributed by atoms with Crippen molar-refractivity contribution in [2.24, 2.45) is 5.73 Å². The average Bonchev–Trinajstić information content (AvgIpc) is 2.75. The first-order chi connectivity index (χ1) is 11.0. The smallest absolute Gasteiger partial charge is 0.315 e. The van der Waals surface area contributed by atoms with E-state index in [4.69, 9.17) is 15.2 Å². The Morgan fingerprint density at radius 3 is 3.09 bits per heavy atom. The molecule has 2 aliphatic heterocycles. The molecule has 3 atom stereocenters. The highest BCUT2D eigenvalue weighted by Gasteiger charge is 2.53. The molecule has 0 saturated carbocycles. The zero-order chi connectivity index (χ0) is 16.2. The van der Waals surface area contributed by atoms with Gasteiger partial charge in [0.15, 0.2) is 11.5 Å². The fraction of sp³-hybridized carbons (Fsp3) is 0.471. The molecule has 3 aliphatic rings. The molecule has 1 spiro atoms. The zero-order valence-corrected chi connectivity index (χ0v) is 13.0. The fourth-order valence-corrected chi connectivity index (χ4v) is 4.12. The number of nitrogens with zero attached hydrogens (tertiary/aromatic N) is 1. The lowest BCUT2D eigenvalue weighted by molar-refractivity contribution is 0.0823. The third-order valence-electron chi connectivity index (χ3n) is 5.27. The molecule has 122 valence electrons. The number of ether oxygens (including phenoxy) is 2. The first-order valence-electron chi connectivity index (χ1n) is 7.84. The van der Waals surface area contributed by atoms with Crippen molar-refractivity contribution in [3.8, 4) is 11.5 Å². The monoisotopic (exact) mass is 316 g/mol. The van der Waals surface area contributed by atoms with Crippen LogP contribution in [0.5, 0.6) is 11.5 Å². The lowest BCUT2D eigenvalue weighted by atomic mass is 9.69. The molecule has 0 bridgehead atoms. The largest absolute Gasteiger partial charge is 0.493 e. The van der Waals surface area contributed by atoms with Gasteiger partial charge >= 0.3 is 6.03 Å². The van der Waals surface area contributed by atoms with Crippen LogP contribution in [-0.4, -0.2) is 41.9 Å². The molecule has 0 fully saturated rings. The van der Waals surface area contributed by atoms with E-state index in [0.717, 1.165) is 23.3 Å². The summed E-state index contributed by atoms with van der Waals surface area (Å²) in [4.78, 5) is 13.4. The third-order valence-corrected chi connectivity index (χ3v) is 5.27. The van der Waals surface area contributed by atoms with Crippen molar-refractivity contribution in [1.82, 2.24) is 4.90 Å². The number of aliphatic hydroxyl groups is 1. The molecule has 3 N–H and O–H groups in total. The van der Waals surface area contributed by atoms with Gasteiger partial charge in [-0.1, -0.05) is 18.2 Å². The normalized spacial score (nSPS) is 31.0. The fourth-order valence-electron chi connectivity index (χ4n) is 4.12. The van der Waals surface area contributed by atoms with Gasteiger partial charge in [0, 0.05) is 25.1 Å². The Morgan fingerprint density at radius 2 is 2.35 bits per heavy atom. The van der Waals surface area contributed by atoms with Crippen LogP contribution in [0.15, 0.2) is 24.3 Å². The van der Waals surface area contributed by atoms with E-state index in [-0.39, 0.29) is 11.5 Å². The number of amides is 2. The van der Waals surface area contributed by atoms with E-state index < -0.39 is 12.1 Å². The first-order valence-corrected chi connectivity index (χ1v) is 7.84. The van der Waals surface area contributed by atoms with Crippen LogP contribution in [0.25, 0.3) is 0 Å². The van der Waals surface area contributed by atoms with Gasteiger partial charge in [-0.25, -0.2) is 4.79 Å². The van der Waals surface area contributed by atoms with Crippen molar-refractivity contribution < 1.29 is 19.4 Å². The van der Waals surface area contributed by atoms with Crippen molar-refractivity contribution in [1.29, 1.82) is 0 Å². The number of rotatable bonds is 1. The van der Waals surface area contributed by atoms with Gasteiger partial charge in [-0.2, -0.15) is 0 Å². The van der Waals surface area contributed by atoms with Crippen LogP contribution in [0.4, 0.5) is 4.79 Å². The second-order valence-electron chi connectivity index (χ2n) is 6.45. The quantitative estimate of drug-likeness (QED) is 0.765. The Hall–Kier alpha value is -2.21. The first kappa shape index (κ1) is 14.4. The van der Waals surface area contributed by atoms with E-state index in [1.165, 1.54) is 0 Å². The SMILES string of the molecule is COc1ccc2c3c1O[C@H]1C[C@H](O)C=C[C@@]31CCN(C(N)=O)C2. The van der Waals surface area contributed by atoms with E-state index in [0.29, 0.717) is 25.3 Å². The summed E-state index contributed by atoms with van der Waals surface area (Å²) in [6.07, 6.45) is 4.47. The summed E-state index contributed by atoms with van der Waals surface area (Å²) in [5.74, 6) is 1.42. The van der Waals surface area contributed by atoms with Gasteiger partial charge in [0.2, 0.25) is 0 Å². The van der Waals surface area contributed by atoms with Gasteiger partial charge in [0.25, 0.3) is 0 Å². The molecule has 1 aromatic carbocycles. The van der Waals surface area contributed by atoms with Gasteiger partial charge in [-0.05, 0) is 18.1 Å². The predicted octanol–water partition coefficient (Wildman–Crippen LogP) is 1.30. The maximum atomic E-state index is 11.7. The lowest BCUT2D eigenvalue weighted by Crippen LogP contribution is -2.43. The van der Waals surface area contributed by atoms with Crippen LogP contribution in [-0.2, 0) is 12.0 Å². The summed E-state index contributed by atoms with van der Waals surface area (Å²) in [5.41, 5.74) is 7.29. The Balaban J connectivity index is 1.92. The molecule has 0 unspecified atom stereocenters. The van der Waals surface area contributed by atoms with Crippen LogP contribution in [0.2, 0.25) is 0 Å². The van der Waals surface area contributed by atoms with Crippen LogP contribution < -0.4 is 15.2 Å². The Kier molecular flexibility index (Phi) is 3.06. The summed E-state index contributed by atoms with van der Waals surface area (Å²) in [7, 11) is 1.62. The maximum Gasteiger partial charge on any atom is 0.315 e. The van der Waals surface area contributed by atoms with Gasteiger partial charge in [0.1, 0.15) is 6.10 Å². The number of primary amides is 1. The molecular formula is C17H20N2O4. The molecule has 23 heavy (non-hydrogen) atoms. The van der Waals surface area contributed by atoms with Crippen molar-refractivity contribution >= 4 is 6.03 Å². The summed E-state index contributed by atoms with van der Waals surface area (Å²) in [6.45, 7) is 1.03. The van der Waals surface area contributed by atoms with E-state index in [9.17, 15) is 9.90 Å². The van der Waals surface area contributed by atoms with E-state index >= 15 is 0 Å². The maximum absolute atomic E-state index is 11.7. The summed E-state index contributed by atoms with van der Waals surface area (Å²) < 4.78 is 11.7. The predicted molar refractivity (Wildman–Crippen MR) is 83.5 cm³/mol. The Morgan fingerprint density at radius 1 is 1.52 bits per heavy atom. The number of methoxy groups -OCH3 is 1. The number of carbonyl (C=O) groups excluding carboxylic acids is 1. The van der Waals surface area contributed by atoms with Crippen LogP contribution in [0.1, 0.15) is 24.0 Å². The summed E-state index contributed by atoms with van der Waals surface area (Å²) in [5, 5.41) is 9.99. The molecule has 6 heteroatoms. The highest BCUT2D eigenvalue weighted by Crippen LogP contribution is 2.55. The number of benzene rings is 1. The number of hydrogen-bond acceptors (Lipinski definition) is 4. The molecule has 0 radical (unpaired) electrons. The molecule has 2 amide bonds. The molecule has 2 heterocycles. The number of hydrogen-bond donors (Lipinski definition) is 2. The van der Waals surface area contributed by atoms with Gasteiger partial charge in [0.05, 0.1) is 18.6 Å². The highest BCUT2D eigenvalue weighted by molar-refractivity contribution is 5.73. The molecule has 6 nitrogen and oxygen atoms in total. The molecule has 4 rings (SSSR count). The standard InChI is InChI=1S/C17H20N2O4/c1-22-12-3-2-10-9-19(16(18)21)7-6-17-5-4-11(20)8-13(17)23-15(12)14(10)17/h2-5,11,13,20H,6-9H2,1H3,(H2,18,21)/t11-,13+,17+/m1/s1. The van der Waals surface area contributed by atoms with Crippen molar-refractivity contribution in [3.05, 3.63) is 35.4 Å². The number of nitrogens with two attached hydrogens (primary N) is 1. The Bertz CT molecular complexity index is 702. The summed E-state index contributed by atoms with van der Waals surface area (Å²) in [6, 6.07) is 3.43. The van der Waals surface area contributed by atoms with Gasteiger partial charge in [-0.15, -0.1) is 0 Å². The van der Waals surface area contributed by atoms with Crippen molar-refractivity contribution in [2.45, 2.75) is 37.0 Å². The lowest BCUT2D eigenvalue weighted by Gasteiger charge is -2.35. The molecule has 0 aromatic heterocycles. The molecule has 0 saturated heterocycles. The topological polar surface area (TPSA) is 85.0 Å². The third kappa shape index (κ3) is 1.94. The molecule has 1 aromatic rings. The zero-order valence-electron chi connectivity index (χ0n) is 13.0. The van der Waals surface area contributed by atoms with E-state index in [1.807, 2.05) is 24.3 Å². The van der Waals surface area contributed by atoms with Crippen molar-refractivity contribution in [3.63, 3.8) is 0 Å². The van der Waals surface area contributed by atoms with E-state index in [1.54, 1.807) is 12.0 Å². The minimum absolute atomic E-state index is 0.152. The van der Waals surface area contributed by atoms with Crippen LogP contribution >= 0.6 is 0 Å². The van der Waals surface area contributed by atoms with Crippen LogP contribution in [0.3, 0.4) is 0 Å². The highest BCUT2D eigenvalue weighted by atomic mass is 16.5. The minimum atomic E-state index is -0.509. The number of carbonyl (C=O) groups is 1. The molecule has 1 aliphatic carbocycles. The number of aliphatic hydroxyl groups excluding tert-OH is 1. The van der Waals surface area contributed by atoms with Crippen LogP contribution in [0, 0.1) is 0 Å². The second-order valence-corrected chi connectivity index (χ2v) is 6.45. The number of urea groups is 1. The minimum Gasteiger partial charge on any atom is -0.493 e. The van der Waals surface area contributed by atoms with E-state index in [2.05, 4.69) is 0 Å².